The molecule has 1 fully saturated rings. The summed E-state index contributed by atoms with van der Waals surface area (Å²) in [4.78, 5) is 2.28. The molecule has 0 spiro atoms. The number of halogens is 1. The maximum atomic E-state index is 9.43. The fourth-order valence-corrected chi connectivity index (χ4v) is 2.26. The van der Waals surface area contributed by atoms with E-state index in [2.05, 4.69) is 17.9 Å². The molecule has 82 valence electrons. The van der Waals surface area contributed by atoms with Gasteiger partial charge in [0.25, 0.3) is 0 Å². The van der Waals surface area contributed by atoms with E-state index in [4.69, 9.17) is 11.6 Å². The fourth-order valence-electron chi connectivity index (χ4n) is 2.03. The number of benzene rings is 1. The van der Waals surface area contributed by atoms with Crippen LogP contribution in [0, 0.1) is 6.92 Å². The number of hydrogen-bond donors (Lipinski definition) is 1. The number of aliphatic hydroxyl groups is 1. The number of likely N-dealkylation sites (tertiary alicyclic amines) is 1. The quantitative estimate of drug-likeness (QED) is 0.835. The molecule has 1 atom stereocenters. The van der Waals surface area contributed by atoms with E-state index in [1.54, 1.807) is 0 Å². The topological polar surface area (TPSA) is 23.5 Å². The Kier molecular flexibility index (Phi) is 3.29. The van der Waals surface area contributed by atoms with Crippen LogP contribution in [0.5, 0.6) is 0 Å². The van der Waals surface area contributed by atoms with Gasteiger partial charge in [0.15, 0.2) is 0 Å². The summed E-state index contributed by atoms with van der Waals surface area (Å²) in [6.45, 7) is 4.78. The third-order valence-electron chi connectivity index (χ3n) is 2.95. The summed E-state index contributed by atoms with van der Waals surface area (Å²) in [6.07, 6.45) is 0.754. The van der Waals surface area contributed by atoms with Crippen molar-refractivity contribution in [2.75, 3.05) is 13.1 Å². The van der Waals surface area contributed by atoms with E-state index in [0.29, 0.717) is 0 Å². The van der Waals surface area contributed by atoms with Gasteiger partial charge in [-0.3, -0.25) is 4.90 Å². The first-order valence-corrected chi connectivity index (χ1v) is 5.68. The van der Waals surface area contributed by atoms with Crippen molar-refractivity contribution in [1.82, 2.24) is 4.90 Å². The van der Waals surface area contributed by atoms with Crippen molar-refractivity contribution in [2.45, 2.75) is 26.0 Å². The van der Waals surface area contributed by atoms with E-state index in [1.807, 2.05) is 12.1 Å². The Labute approximate surface area is 95.5 Å². The molecule has 1 N–H and O–H groups in total. The van der Waals surface area contributed by atoms with E-state index < -0.39 is 0 Å². The average molecular weight is 226 g/mol. The number of β-amino-alcohol motifs (C(OH)–C–C–N with tert-alkyl or cyclic N) is 1. The minimum absolute atomic E-state index is 0.141. The van der Waals surface area contributed by atoms with Gasteiger partial charge in [-0.2, -0.15) is 0 Å². The van der Waals surface area contributed by atoms with Crippen molar-refractivity contribution in [3.63, 3.8) is 0 Å². The summed E-state index contributed by atoms with van der Waals surface area (Å²) in [5, 5.41) is 10.2. The number of hydrogen-bond acceptors (Lipinski definition) is 2. The molecule has 1 saturated heterocycles. The summed E-state index contributed by atoms with van der Waals surface area (Å²) >= 11 is 5.90. The number of rotatable bonds is 2. The van der Waals surface area contributed by atoms with Gasteiger partial charge in [-0.15, -0.1) is 0 Å². The normalized spacial score (nSPS) is 22.2. The van der Waals surface area contributed by atoms with Gasteiger partial charge in [0.2, 0.25) is 0 Å². The first-order valence-electron chi connectivity index (χ1n) is 5.30. The van der Waals surface area contributed by atoms with Gasteiger partial charge in [-0.05, 0) is 36.6 Å². The van der Waals surface area contributed by atoms with Gasteiger partial charge in [0, 0.05) is 24.7 Å². The lowest BCUT2D eigenvalue weighted by Gasteiger charge is -2.16. The second-order valence-electron chi connectivity index (χ2n) is 4.25. The number of aliphatic hydroxyl groups excluding tert-OH is 1. The molecule has 0 radical (unpaired) electrons. The fraction of sp³-hybridized carbons (Fsp3) is 0.500. The van der Waals surface area contributed by atoms with Crippen LogP contribution in [0.3, 0.4) is 0 Å². The van der Waals surface area contributed by atoms with Gasteiger partial charge in [-0.1, -0.05) is 17.7 Å². The second-order valence-corrected chi connectivity index (χ2v) is 4.68. The molecule has 0 aromatic heterocycles. The molecular weight excluding hydrogens is 210 g/mol. The molecule has 1 aliphatic heterocycles. The second kappa shape index (κ2) is 4.52. The Balaban J connectivity index is 2.04. The third kappa shape index (κ3) is 2.71. The van der Waals surface area contributed by atoms with Gasteiger partial charge in [0.1, 0.15) is 0 Å². The molecule has 0 unspecified atom stereocenters. The van der Waals surface area contributed by atoms with Crippen molar-refractivity contribution >= 4 is 11.6 Å². The lowest BCUT2D eigenvalue weighted by Crippen LogP contribution is -2.21. The van der Waals surface area contributed by atoms with Crippen molar-refractivity contribution in [3.8, 4) is 0 Å². The zero-order chi connectivity index (χ0) is 10.8. The zero-order valence-electron chi connectivity index (χ0n) is 8.91. The van der Waals surface area contributed by atoms with Crippen LogP contribution in [0.15, 0.2) is 18.2 Å². The standard InChI is InChI=1S/C12H16ClNO/c1-9-6-11(13)3-2-10(9)7-14-5-4-12(15)8-14/h2-3,6,12,15H,4-5,7-8H2,1H3/t12-/m0/s1. The average Bonchev–Trinajstić information content (AvgIpc) is 2.56. The number of nitrogens with zero attached hydrogens (tertiary/aromatic N) is 1. The highest BCUT2D eigenvalue weighted by atomic mass is 35.5. The highest BCUT2D eigenvalue weighted by molar-refractivity contribution is 6.30. The van der Waals surface area contributed by atoms with Crippen LogP contribution in [-0.4, -0.2) is 29.2 Å². The smallest absolute Gasteiger partial charge is 0.0679 e. The minimum Gasteiger partial charge on any atom is -0.392 e. The molecule has 3 heteroatoms. The first-order chi connectivity index (χ1) is 7.15. The van der Waals surface area contributed by atoms with Gasteiger partial charge < -0.3 is 5.11 Å². The molecule has 1 aromatic rings. The highest BCUT2D eigenvalue weighted by Gasteiger charge is 2.20. The predicted molar refractivity (Wildman–Crippen MR) is 62.1 cm³/mol. The molecule has 0 aliphatic carbocycles. The van der Waals surface area contributed by atoms with E-state index in [-0.39, 0.29) is 6.10 Å². The Morgan fingerprint density at radius 2 is 2.33 bits per heavy atom. The first kappa shape index (κ1) is 10.9. The van der Waals surface area contributed by atoms with Crippen molar-refractivity contribution < 1.29 is 5.11 Å². The predicted octanol–water partition coefficient (Wildman–Crippen LogP) is 2.22. The SMILES string of the molecule is Cc1cc(Cl)ccc1CN1CC[C@H](O)C1. The Morgan fingerprint density at radius 3 is 2.93 bits per heavy atom. The van der Waals surface area contributed by atoms with Crippen molar-refractivity contribution in [2.24, 2.45) is 0 Å². The monoisotopic (exact) mass is 225 g/mol. The molecule has 1 aromatic carbocycles. The maximum Gasteiger partial charge on any atom is 0.0679 e. The Bertz CT molecular complexity index is 353. The van der Waals surface area contributed by atoms with E-state index in [9.17, 15) is 5.11 Å². The lowest BCUT2D eigenvalue weighted by atomic mass is 10.1. The van der Waals surface area contributed by atoms with E-state index >= 15 is 0 Å². The van der Waals surface area contributed by atoms with Crippen LogP contribution in [0.25, 0.3) is 0 Å². The molecule has 1 heterocycles. The lowest BCUT2D eigenvalue weighted by molar-refractivity contribution is 0.174. The van der Waals surface area contributed by atoms with Crippen LogP contribution in [0.1, 0.15) is 17.5 Å². The van der Waals surface area contributed by atoms with Crippen LogP contribution in [0.2, 0.25) is 5.02 Å². The molecule has 2 rings (SSSR count). The van der Waals surface area contributed by atoms with Crippen LogP contribution in [0.4, 0.5) is 0 Å². The molecule has 0 bridgehead atoms. The summed E-state index contributed by atoms with van der Waals surface area (Å²) in [5.74, 6) is 0. The van der Waals surface area contributed by atoms with E-state index in [1.165, 1.54) is 11.1 Å². The van der Waals surface area contributed by atoms with Gasteiger partial charge >= 0.3 is 0 Å². The Morgan fingerprint density at radius 1 is 1.53 bits per heavy atom. The molecule has 1 aliphatic rings. The minimum atomic E-state index is -0.141. The molecule has 0 saturated carbocycles. The highest BCUT2D eigenvalue weighted by Crippen LogP contribution is 2.19. The zero-order valence-corrected chi connectivity index (χ0v) is 9.67. The largest absolute Gasteiger partial charge is 0.392 e. The molecular formula is C12H16ClNO. The van der Waals surface area contributed by atoms with Crippen LogP contribution >= 0.6 is 11.6 Å². The van der Waals surface area contributed by atoms with Crippen molar-refractivity contribution in [3.05, 3.63) is 34.3 Å². The van der Waals surface area contributed by atoms with Crippen molar-refractivity contribution in [1.29, 1.82) is 0 Å². The molecule has 2 nitrogen and oxygen atoms in total. The summed E-state index contributed by atoms with van der Waals surface area (Å²) in [5.41, 5.74) is 2.53. The summed E-state index contributed by atoms with van der Waals surface area (Å²) < 4.78 is 0. The summed E-state index contributed by atoms with van der Waals surface area (Å²) in [7, 11) is 0. The van der Waals surface area contributed by atoms with Gasteiger partial charge in [-0.25, -0.2) is 0 Å². The van der Waals surface area contributed by atoms with Crippen LogP contribution < -0.4 is 0 Å². The third-order valence-corrected chi connectivity index (χ3v) is 3.18. The number of aryl methyl sites for hydroxylation is 1. The van der Waals surface area contributed by atoms with E-state index in [0.717, 1.165) is 31.1 Å². The summed E-state index contributed by atoms with van der Waals surface area (Å²) in [6, 6.07) is 5.99. The maximum absolute atomic E-state index is 9.43. The van der Waals surface area contributed by atoms with Crippen LogP contribution in [-0.2, 0) is 6.54 Å². The Hall–Kier alpha value is -0.570. The molecule has 15 heavy (non-hydrogen) atoms. The van der Waals surface area contributed by atoms with Gasteiger partial charge in [0.05, 0.1) is 6.10 Å². The molecule has 0 amide bonds.